The van der Waals surface area contributed by atoms with Crippen molar-refractivity contribution >= 4 is 11.6 Å². The number of hydrogen-bond acceptors (Lipinski definition) is 4. The van der Waals surface area contributed by atoms with E-state index in [4.69, 9.17) is 4.74 Å². The van der Waals surface area contributed by atoms with Crippen molar-refractivity contribution in [2.24, 2.45) is 4.99 Å². The lowest BCUT2D eigenvalue weighted by Crippen LogP contribution is -2.26. The second-order valence-corrected chi connectivity index (χ2v) is 4.55. The van der Waals surface area contributed by atoms with E-state index in [0.717, 1.165) is 43.5 Å². The van der Waals surface area contributed by atoms with Crippen molar-refractivity contribution in [3.63, 3.8) is 0 Å². The van der Waals surface area contributed by atoms with Crippen LogP contribution < -0.4 is 15.4 Å². The predicted molar refractivity (Wildman–Crippen MR) is 69.0 cm³/mol. The summed E-state index contributed by atoms with van der Waals surface area (Å²) >= 11 is 0. The van der Waals surface area contributed by atoms with E-state index < -0.39 is 0 Å². The second kappa shape index (κ2) is 3.95. The molecule has 0 fully saturated rings. The first-order valence-electron chi connectivity index (χ1n) is 6.07. The molecule has 0 unspecified atom stereocenters. The van der Waals surface area contributed by atoms with Crippen LogP contribution in [0.4, 0.5) is 5.69 Å². The lowest BCUT2D eigenvalue weighted by atomic mass is 10.0. The molecule has 2 heterocycles. The third kappa shape index (κ3) is 1.73. The van der Waals surface area contributed by atoms with Crippen LogP contribution in [0, 0.1) is 13.8 Å². The van der Waals surface area contributed by atoms with E-state index in [1.165, 1.54) is 16.7 Å². The molecule has 0 bridgehead atoms. The molecule has 4 heteroatoms. The fourth-order valence-electron chi connectivity index (χ4n) is 2.44. The van der Waals surface area contributed by atoms with Crippen molar-refractivity contribution in [2.75, 3.05) is 25.0 Å². The van der Waals surface area contributed by atoms with Gasteiger partial charge in [-0.2, -0.15) is 0 Å². The third-order valence-corrected chi connectivity index (χ3v) is 3.38. The number of rotatable bonds is 1. The summed E-state index contributed by atoms with van der Waals surface area (Å²) in [6.45, 7) is 6.81. The summed E-state index contributed by atoms with van der Waals surface area (Å²) in [6.07, 6.45) is 1.03. The fourth-order valence-corrected chi connectivity index (χ4v) is 2.44. The van der Waals surface area contributed by atoms with Crippen LogP contribution in [0.2, 0.25) is 0 Å². The Morgan fingerprint density at radius 1 is 1.41 bits per heavy atom. The molecule has 0 spiro atoms. The number of anilines is 1. The van der Waals surface area contributed by atoms with Gasteiger partial charge in [0.2, 0.25) is 0 Å². The maximum Gasteiger partial charge on any atom is 0.195 e. The van der Waals surface area contributed by atoms with Crippen LogP contribution in [0.1, 0.15) is 16.7 Å². The van der Waals surface area contributed by atoms with E-state index in [-0.39, 0.29) is 0 Å². The smallest absolute Gasteiger partial charge is 0.195 e. The molecule has 0 aromatic heterocycles. The molecule has 2 aliphatic rings. The quantitative estimate of drug-likeness (QED) is 0.772. The molecule has 1 aromatic carbocycles. The molecule has 17 heavy (non-hydrogen) atoms. The van der Waals surface area contributed by atoms with E-state index in [2.05, 4.69) is 35.5 Å². The zero-order chi connectivity index (χ0) is 11.8. The normalized spacial score (nSPS) is 17.2. The van der Waals surface area contributed by atoms with Crippen LogP contribution in [0.5, 0.6) is 5.75 Å². The SMILES string of the molecule is Cc1cc(NC2=NCCN2)c(C)c2c1CCO2. The highest BCUT2D eigenvalue weighted by atomic mass is 16.5. The Balaban J connectivity index is 1.97. The molecule has 3 rings (SSSR count). The topological polar surface area (TPSA) is 45.7 Å². The summed E-state index contributed by atoms with van der Waals surface area (Å²) in [5.41, 5.74) is 4.93. The lowest BCUT2D eigenvalue weighted by Gasteiger charge is -2.14. The molecule has 0 radical (unpaired) electrons. The summed E-state index contributed by atoms with van der Waals surface area (Å²) < 4.78 is 5.71. The number of guanidine groups is 1. The van der Waals surface area contributed by atoms with Gasteiger partial charge in [0.1, 0.15) is 5.75 Å². The minimum Gasteiger partial charge on any atom is -0.493 e. The minimum atomic E-state index is 0.805. The molecule has 0 aliphatic carbocycles. The van der Waals surface area contributed by atoms with Crippen molar-refractivity contribution in [3.8, 4) is 5.75 Å². The fraction of sp³-hybridized carbons (Fsp3) is 0.462. The average molecular weight is 231 g/mol. The molecule has 90 valence electrons. The van der Waals surface area contributed by atoms with Crippen molar-refractivity contribution in [1.29, 1.82) is 0 Å². The average Bonchev–Trinajstić information content (AvgIpc) is 2.96. The molecule has 0 saturated carbocycles. The van der Waals surface area contributed by atoms with Gasteiger partial charge in [-0.05, 0) is 25.5 Å². The Hall–Kier alpha value is -1.71. The summed E-state index contributed by atoms with van der Waals surface area (Å²) in [5.74, 6) is 1.93. The monoisotopic (exact) mass is 231 g/mol. The highest BCUT2D eigenvalue weighted by molar-refractivity contribution is 5.95. The van der Waals surface area contributed by atoms with Gasteiger partial charge in [0, 0.05) is 29.8 Å². The highest BCUT2D eigenvalue weighted by Gasteiger charge is 2.20. The number of nitrogens with zero attached hydrogens (tertiary/aromatic N) is 1. The number of hydrogen-bond donors (Lipinski definition) is 2. The van der Waals surface area contributed by atoms with Gasteiger partial charge < -0.3 is 15.4 Å². The predicted octanol–water partition coefficient (Wildman–Crippen LogP) is 1.61. The zero-order valence-corrected chi connectivity index (χ0v) is 10.3. The number of aryl methyl sites for hydroxylation is 1. The maximum absolute atomic E-state index is 5.71. The van der Waals surface area contributed by atoms with Gasteiger partial charge in [0.05, 0.1) is 13.2 Å². The van der Waals surface area contributed by atoms with Crippen LogP contribution >= 0.6 is 0 Å². The first-order valence-corrected chi connectivity index (χ1v) is 6.07. The zero-order valence-electron chi connectivity index (χ0n) is 10.3. The summed E-state index contributed by atoms with van der Waals surface area (Å²) in [4.78, 5) is 4.35. The molecule has 2 aliphatic heterocycles. The van der Waals surface area contributed by atoms with Crippen molar-refractivity contribution in [3.05, 3.63) is 22.8 Å². The first-order chi connectivity index (χ1) is 8.25. The molecular weight excluding hydrogens is 214 g/mol. The Kier molecular flexibility index (Phi) is 2.42. The summed E-state index contributed by atoms with van der Waals surface area (Å²) in [5, 5.41) is 6.56. The number of aliphatic imine (C=N–C) groups is 1. The van der Waals surface area contributed by atoms with Gasteiger partial charge >= 0.3 is 0 Å². The van der Waals surface area contributed by atoms with Crippen molar-refractivity contribution < 1.29 is 4.74 Å². The minimum absolute atomic E-state index is 0.805. The van der Waals surface area contributed by atoms with E-state index in [1.807, 2.05) is 0 Å². The van der Waals surface area contributed by atoms with Crippen LogP contribution in [-0.4, -0.2) is 25.7 Å². The van der Waals surface area contributed by atoms with Crippen LogP contribution in [-0.2, 0) is 6.42 Å². The van der Waals surface area contributed by atoms with Gasteiger partial charge in [0.25, 0.3) is 0 Å². The van der Waals surface area contributed by atoms with Gasteiger partial charge in [-0.25, -0.2) is 0 Å². The molecule has 0 amide bonds. The highest BCUT2D eigenvalue weighted by Crippen LogP contribution is 2.36. The van der Waals surface area contributed by atoms with E-state index >= 15 is 0 Å². The van der Waals surface area contributed by atoms with E-state index in [9.17, 15) is 0 Å². The van der Waals surface area contributed by atoms with Gasteiger partial charge in [-0.3, -0.25) is 4.99 Å². The Morgan fingerprint density at radius 2 is 2.29 bits per heavy atom. The lowest BCUT2D eigenvalue weighted by molar-refractivity contribution is 0.355. The Morgan fingerprint density at radius 3 is 3.06 bits per heavy atom. The number of nitrogens with one attached hydrogen (secondary N) is 2. The summed E-state index contributed by atoms with van der Waals surface area (Å²) in [6, 6.07) is 2.19. The van der Waals surface area contributed by atoms with Gasteiger partial charge in [0.15, 0.2) is 5.96 Å². The number of fused-ring (bicyclic) bond motifs is 1. The second-order valence-electron chi connectivity index (χ2n) is 4.55. The molecule has 0 atom stereocenters. The van der Waals surface area contributed by atoms with Crippen LogP contribution in [0.15, 0.2) is 11.1 Å². The van der Waals surface area contributed by atoms with Crippen molar-refractivity contribution in [1.82, 2.24) is 5.32 Å². The third-order valence-electron chi connectivity index (χ3n) is 3.38. The standard InChI is InChI=1S/C13H17N3O/c1-8-7-11(16-13-14-4-5-15-13)9(2)12-10(8)3-6-17-12/h7H,3-6H2,1-2H3,(H2,14,15,16). The Labute approximate surface area is 101 Å². The molecule has 0 saturated heterocycles. The summed E-state index contributed by atoms with van der Waals surface area (Å²) in [7, 11) is 0. The molecule has 1 aromatic rings. The molecule has 2 N–H and O–H groups in total. The van der Waals surface area contributed by atoms with Crippen molar-refractivity contribution in [2.45, 2.75) is 20.3 Å². The number of ether oxygens (including phenoxy) is 1. The van der Waals surface area contributed by atoms with Gasteiger partial charge in [-0.15, -0.1) is 0 Å². The first kappa shape index (κ1) is 10.4. The van der Waals surface area contributed by atoms with Crippen LogP contribution in [0.25, 0.3) is 0 Å². The van der Waals surface area contributed by atoms with E-state index in [0.29, 0.717) is 0 Å². The largest absolute Gasteiger partial charge is 0.493 e. The maximum atomic E-state index is 5.71. The number of benzene rings is 1. The molecular formula is C13H17N3O. The van der Waals surface area contributed by atoms with Gasteiger partial charge in [-0.1, -0.05) is 0 Å². The van der Waals surface area contributed by atoms with E-state index in [1.54, 1.807) is 0 Å². The molecule has 4 nitrogen and oxygen atoms in total. The Bertz CT molecular complexity index is 494. The van der Waals surface area contributed by atoms with Crippen LogP contribution in [0.3, 0.4) is 0 Å².